The third kappa shape index (κ3) is 5.33. The van der Waals surface area contributed by atoms with E-state index in [2.05, 4.69) is 9.62 Å². The van der Waals surface area contributed by atoms with Gasteiger partial charge < -0.3 is 0 Å². The van der Waals surface area contributed by atoms with Gasteiger partial charge in [0.2, 0.25) is 10.0 Å². The maximum atomic E-state index is 13.1. The topological polar surface area (TPSA) is 49.4 Å². The van der Waals surface area contributed by atoms with Gasteiger partial charge >= 0.3 is 6.18 Å². The molecule has 1 N–H and O–H groups in total. The molecule has 1 atom stereocenters. The van der Waals surface area contributed by atoms with Crippen molar-refractivity contribution in [2.75, 3.05) is 19.6 Å². The monoisotopic (exact) mass is 412 g/mol. The molecule has 152 valence electrons. The van der Waals surface area contributed by atoms with E-state index in [0.29, 0.717) is 6.54 Å². The second-order valence-electron chi connectivity index (χ2n) is 7.07. The van der Waals surface area contributed by atoms with Crippen molar-refractivity contribution in [1.29, 1.82) is 0 Å². The Labute approximate surface area is 163 Å². The van der Waals surface area contributed by atoms with Gasteiger partial charge in [-0.25, -0.2) is 13.1 Å². The molecule has 8 heteroatoms. The molecule has 0 saturated carbocycles. The Bertz CT molecular complexity index is 886. The summed E-state index contributed by atoms with van der Waals surface area (Å²) in [6.07, 6.45) is -2.95. The Kier molecular flexibility index (Phi) is 6.42. The molecular formula is C20H23F3N2O2S. The lowest BCUT2D eigenvalue weighted by Gasteiger charge is -2.32. The van der Waals surface area contributed by atoms with Crippen LogP contribution in [-0.4, -0.2) is 33.0 Å². The number of halogens is 3. The second-order valence-corrected chi connectivity index (χ2v) is 8.81. The summed E-state index contributed by atoms with van der Waals surface area (Å²) in [6.45, 7) is 2.54. The molecule has 1 heterocycles. The summed E-state index contributed by atoms with van der Waals surface area (Å²) in [6, 6.07) is 14.3. The fraction of sp³-hybridized carbons (Fsp3) is 0.400. The van der Waals surface area contributed by atoms with Crippen molar-refractivity contribution < 1.29 is 21.6 Å². The Morgan fingerprint density at radius 1 is 1.04 bits per heavy atom. The first kappa shape index (κ1) is 20.8. The van der Waals surface area contributed by atoms with Gasteiger partial charge in [0.15, 0.2) is 0 Å². The van der Waals surface area contributed by atoms with Gasteiger partial charge in [-0.2, -0.15) is 13.2 Å². The van der Waals surface area contributed by atoms with E-state index in [-0.39, 0.29) is 12.5 Å². The maximum Gasteiger partial charge on any atom is 0.417 e. The number of alkyl halides is 3. The minimum Gasteiger partial charge on any atom is -0.299 e. The van der Waals surface area contributed by atoms with Gasteiger partial charge in [0, 0.05) is 19.6 Å². The summed E-state index contributed by atoms with van der Waals surface area (Å²) in [4.78, 5) is 1.53. The van der Waals surface area contributed by atoms with Gasteiger partial charge in [-0.3, -0.25) is 4.90 Å². The van der Waals surface area contributed by atoms with Gasteiger partial charge in [-0.05, 0) is 43.0 Å². The zero-order valence-electron chi connectivity index (χ0n) is 15.3. The molecule has 0 radical (unpaired) electrons. The van der Waals surface area contributed by atoms with Crippen LogP contribution in [-0.2, 0) is 22.7 Å². The molecule has 0 spiro atoms. The van der Waals surface area contributed by atoms with Crippen molar-refractivity contribution in [3.8, 4) is 0 Å². The van der Waals surface area contributed by atoms with E-state index in [9.17, 15) is 21.6 Å². The van der Waals surface area contributed by atoms with Crippen LogP contribution in [0.1, 0.15) is 24.0 Å². The van der Waals surface area contributed by atoms with Gasteiger partial charge in [-0.15, -0.1) is 0 Å². The quantitative estimate of drug-likeness (QED) is 0.783. The van der Waals surface area contributed by atoms with Crippen LogP contribution in [0.3, 0.4) is 0 Å². The smallest absolute Gasteiger partial charge is 0.299 e. The summed E-state index contributed by atoms with van der Waals surface area (Å²) >= 11 is 0. The molecule has 3 rings (SSSR count). The minimum absolute atomic E-state index is 0.0605. The number of rotatable bonds is 6. The first-order valence-corrected chi connectivity index (χ1v) is 10.7. The molecule has 28 heavy (non-hydrogen) atoms. The minimum atomic E-state index is -4.72. The standard InChI is InChI=1S/C20H23F3N2O2S/c21-20(22,23)18-10-4-5-11-19(18)28(26,27)24-13-17-9-6-12-25(15-17)14-16-7-2-1-3-8-16/h1-5,7-8,10-11,17,24H,6,9,12-15H2. The Balaban J connectivity index is 1.63. The maximum absolute atomic E-state index is 13.1. The fourth-order valence-electron chi connectivity index (χ4n) is 3.54. The van der Waals surface area contributed by atoms with Crippen molar-refractivity contribution >= 4 is 10.0 Å². The van der Waals surface area contributed by atoms with Crippen LogP contribution in [0, 0.1) is 5.92 Å². The predicted molar refractivity (Wildman–Crippen MR) is 101 cm³/mol. The molecule has 4 nitrogen and oxygen atoms in total. The van der Waals surface area contributed by atoms with E-state index in [0.717, 1.165) is 38.1 Å². The Morgan fingerprint density at radius 3 is 2.43 bits per heavy atom. The van der Waals surface area contributed by atoms with Crippen LogP contribution in [0.2, 0.25) is 0 Å². The molecule has 1 saturated heterocycles. The molecule has 1 fully saturated rings. The molecule has 2 aromatic carbocycles. The molecule has 0 aliphatic carbocycles. The van der Waals surface area contributed by atoms with Gasteiger partial charge in [0.1, 0.15) is 0 Å². The Morgan fingerprint density at radius 2 is 1.71 bits per heavy atom. The number of nitrogens with zero attached hydrogens (tertiary/aromatic N) is 1. The molecular weight excluding hydrogens is 389 g/mol. The highest BCUT2D eigenvalue weighted by Crippen LogP contribution is 2.34. The van der Waals surface area contributed by atoms with E-state index in [4.69, 9.17) is 0 Å². The number of hydrogen-bond donors (Lipinski definition) is 1. The largest absolute Gasteiger partial charge is 0.417 e. The van der Waals surface area contributed by atoms with Crippen LogP contribution in [0.25, 0.3) is 0 Å². The zero-order chi connectivity index (χ0) is 20.2. The summed E-state index contributed by atoms with van der Waals surface area (Å²) < 4.78 is 66.8. The van der Waals surface area contributed by atoms with Crippen LogP contribution in [0.4, 0.5) is 13.2 Å². The van der Waals surface area contributed by atoms with Crippen molar-refractivity contribution in [2.24, 2.45) is 5.92 Å². The number of hydrogen-bond acceptors (Lipinski definition) is 3. The first-order chi connectivity index (χ1) is 13.3. The van der Waals surface area contributed by atoms with E-state index in [1.165, 1.54) is 17.7 Å². The highest BCUT2D eigenvalue weighted by Gasteiger charge is 2.37. The van der Waals surface area contributed by atoms with E-state index >= 15 is 0 Å². The number of sulfonamides is 1. The molecule has 1 unspecified atom stereocenters. The van der Waals surface area contributed by atoms with Crippen molar-refractivity contribution in [1.82, 2.24) is 9.62 Å². The lowest BCUT2D eigenvalue weighted by molar-refractivity contribution is -0.139. The number of benzene rings is 2. The number of piperidine rings is 1. The third-order valence-corrected chi connectivity index (χ3v) is 6.38. The predicted octanol–water partition coefficient (Wildman–Crippen LogP) is 3.90. The third-order valence-electron chi connectivity index (χ3n) is 4.90. The normalized spacial score (nSPS) is 18.9. The highest BCUT2D eigenvalue weighted by atomic mass is 32.2. The van der Waals surface area contributed by atoms with Crippen LogP contribution < -0.4 is 4.72 Å². The first-order valence-electron chi connectivity index (χ1n) is 9.18. The molecule has 0 amide bonds. The molecule has 0 aromatic heterocycles. The average molecular weight is 412 g/mol. The molecule has 1 aliphatic rings. The van der Waals surface area contributed by atoms with Gasteiger partial charge in [0.25, 0.3) is 0 Å². The molecule has 0 bridgehead atoms. The highest BCUT2D eigenvalue weighted by molar-refractivity contribution is 7.89. The Hall–Kier alpha value is -1.90. The number of nitrogens with one attached hydrogen (secondary N) is 1. The van der Waals surface area contributed by atoms with E-state index in [1.807, 2.05) is 30.3 Å². The number of likely N-dealkylation sites (tertiary alicyclic amines) is 1. The summed E-state index contributed by atoms with van der Waals surface area (Å²) in [7, 11) is -4.24. The van der Waals surface area contributed by atoms with Crippen LogP contribution in [0.15, 0.2) is 59.5 Å². The SMILES string of the molecule is O=S(=O)(NCC1CCCN(Cc2ccccc2)C1)c1ccccc1C(F)(F)F. The lowest BCUT2D eigenvalue weighted by atomic mass is 9.98. The average Bonchev–Trinajstić information content (AvgIpc) is 2.67. The summed E-state index contributed by atoms with van der Waals surface area (Å²) in [5.74, 6) is 0.0605. The summed E-state index contributed by atoms with van der Waals surface area (Å²) in [5.41, 5.74) is 0.0414. The second kappa shape index (κ2) is 8.63. The van der Waals surface area contributed by atoms with Crippen molar-refractivity contribution in [3.63, 3.8) is 0 Å². The molecule has 2 aromatic rings. The van der Waals surface area contributed by atoms with E-state index < -0.39 is 26.7 Å². The van der Waals surface area contributed by atoms with Gasteiger partial charge in [0.05, 0.1) is 10.5 Å². The van der Waals surface area contributed by atoms with E-state index in [1.54, 1.807) is 0 Å². The van der Waals surface area contributed by atoms with Crippen molar-refractivity contribution in [3.05, 3.63) is 65.7 Å². The van der Waals surface area contributed by atoms with Crippen molar-refractivity contribution in [2.45, 2.75) is 30.5 Å². The fourth-order valence-corrected chi connectivity index (χ4v) is 4.89. The zero-order valence-corrected chi connectivity index (χ0v) is 16.1. The molecule has 1 aliphatic heterocycles. The lowest BCUT2D eigenvalue weighted by Crippen LogP contribution is -2.40. The van der Waals surface area contributed by atoms with Crippen LogP contribution in [0.5, 0.6) is 0 Å². The summed E-state index contributed by atoms with van der Waals surface area (Å²) in [5, 5.41) is 0. The van der Waals surface area contributed by atoms with Crippen LogP contribution >= 0.6 is 0 Å². The van der Waals surface area contributed by atoms with Gasteiger partial charge in [-0.1, -0.05) is 42.5 Å².